The summed E-state index contributed by atoms with van der Waals surface area (Å²) < 4.78 is 10.9. The maximum Gasteiger partial charge on any atom is 0.211 e. The summed E-state index contributed by atoms with van der Waals surface area (Å²) in [5.74, 6) is -0.593. The number of fused-ring (bicyclic) bond motifs is 1. The maximum atomic E-state index is 5.46. The van der Waals surface area contributed by atoms with Gasteiger partial charge < -0.3 is 9.47 Å². The van der Waals surface area contributed by atoms with E-state index in [1.165, 1.54) is 0 Å². The van der Waals surface area contributed by atoms with Crippen LogP contribution in [0.15, 0.2) is 6.20 Å². The van der Waals surface area contributed by atoms with Gasteiger partial charge in [-0.25, -0.2) is 0 Å². The minimum absolute atomic E-state index is 0.593. The molecule has 4 heteroatoms. The molecular weight excluding hydrogens is 156 g/mol. The van der Waals surface area contributed by atoms with Gasteiger partial charge in [-0.3, -0.25) is 5.10 Å². The molecule has 0 aromatic carbocycles. The topological polar surface area (TPSA) is 47.1 Å². The van der Waals surface area contributed by atoms with Crippen LogP contribution in [-0.4, -0.2) is 29.2 Å². The van der Waals surface area contributed by atoms with Crippen molar-refractivity contribution in [3.63, 3.8) is 0 Å². The molecule has 0 bridgehead atoms. The molecule has 1 fully saturated rings. The molecule has 3 rings (SSSR count). The molecule has 1 aliphatic heterocycles. The van der Waals surface area contributed by atoms with Gasteiger partial charge in [-0.2, -0.15) is 5.10 Å². The molecule has 1 spiro atoms. The Labute approximate surface area is 68.5 Å². The zero-order valence-corrected chi connectivity index (χ0v) is 6.41. The third kappa shape index (κ3) is 0.707. The Hall–Kier alpha value is -1.13. The summed E-state index contributed by atoms with van der Waals surface area (Å²) in [7, 11) is 0. The quantitative estimate of drug-likeness (QED) is 0.520. The molecule has 12 heavy (non-hydrogen) atoms. The fourth-order valence-electron chi connectivity index (χ4n) is 1.61. The summed E-state index contributed by atoms with van der Waals surface area (Å²) in [5, 5.41) is 8.81. The molecular formula is C8H8N2O2. The number of hydrogen-bond acceptors (Lipinski definition) is 3. The molecule has 1 saturated heterocycles. The molecule has 0 unspecified atom stereocenters. The predicted molar refractivity (Wildman–Crippen MR) is 41.4 cm³/mol. The van der Waals surface area contributed by atoms with Gasteiger partial charge in [-0.05, 0) is 6.08 Å². The van der Waals surface area contributed by atoms with Crippen LogP contribution < -0.4 is 10.6 Å². The molecule has 1 aliphatic carbocycles. The standard InChI is InChI=1S/C8H8N2O2/c1-2-12-8(11-1)3-6-5-9-10-7(6)4-8/h3-5,10H,1-2H2. The highest BCUT2D eigenvalue weighted by atomic mass is 16.7. The first-order valence-corrected chi connectivity index (χ1v) is 3.91. The molecule has 1 N–H and O–H groups in total. The summed E-state index contributed by atoms with van der Waals surface area (Å²) in [6.07, 6.45) is 5.63. The Morgan fingerprint density at radius 2 is 2.17 bits per heavy atom. The van der Waals surface area contributed by atoms with Crippen LogP contribution in [0.25, 0.3) is 12.2 Å². The van der Waals surface area contributed by atoms with E-state index in [0.29, 0.717) is 13.2 Å². The van der Waals surface area contributed by atoms with Crippen molar-refractivity contribution in [1.82, 2.24) is 10.2 Å². The molecule has 0 atom stereocenters. The summed E-state index contributed by atoms with van der Waals surface area (Å²) >= 11 is 0. The molecule has 4 nitrogen and oxygen atoms in total. The highest BCUT2D eigenvalue weighted by Gasteiger charge is 2.34. The van der Waals surface area contributed by atoms with Crippen LogP contribution in [0.5, 0.6) is 0 Å². The van der Waals surface area contributed by atoms with Crippen molar-refractivity contribution < 1.29 is 9.47 Å². The highest BCUT2D eigenvalue weighted by molar-refractivity contribution is 5.56. The van der Waals surface area contributed by atoms with E-state index < -0.39 is 5.79 Å². The first-order valence-electron chi connectivity index (χ1n) is 3.91. The molecule has 62 valence electrons. The van der Waals surface area contributed by atoms with Crippen molar-refractivity contribution >= 4 is 12.2 Å². The van der Waals surface area contributed by atoms with Gasteiger partial charge in [0.1, 0.15) is 0 Å². The number of aromatic nitrogens is 2. The first kappa shape index (κ1) is 6.39. The third-order valence-electron chi connectivity index (χ3n) is 2.14. The minimum atomic E-state index is -0.593. The van der Waals surface area contributed by atoms with E-state index in [4.69, 9.17) is 9.47 Å². The van der Waals surface area contributed by atoms with Gasteiger partial charge in [0.2, 0.25) is 5.79 Å². The van der Waals surface area contributed by atoms with Crippen molar-refractivity contribution in [1.29, 1.82) is 0 Å². The molecule has 0 saturated carbocycles. The number of rotatable bonds is 0. The molecule has 1 aromatic heterocycles. The van der Waals surface area contributed by atoms with E-state index in [9.17, 15) is 0 Å². The van der Waals surface area contributed by atoms with Gasteiger partial charge in [0, 0.05) is 11.3 Å². The van der Waals surface area contributed by atoms with E-state index in [1.54, 1.807) is 6.20 Å². The molecule has 1 aromatic rings. The van der Waals surface area contributed by atoms with Crippen molar-refractivity contribution in [2.45, 2.75) is 5.79 Å². The second kappa shape index (κ2) is 1.97. The van der Waals surface area contributed by atoms with Crippen LogP contribution in [-0.2, 0) is 9.47 Å². The van der Waals surface area contributed by atoms with Crippen molar-refractivity contribution in [3.05, 3.63) is 16.8 Å². The lowest BCUT2D eigenvalue weighted by atomic mass is 10.3. The van der Waals surface area contributed by atoms with Crippen LogP contribution >= 0.6 is 0 Å². The Bertz CT molecular complexity index is 382. The largest absolute Gasteiger partial charge is 0.341 e. The van der Waals surface area contributed by atoms with Gasteiger partial charge >= 0.3 is 0 Å². The lowest BCUT2D eigenvalue weighted by Gasteiger charge is -2.15. The maximum absolute atomic E-state index is 5.46. The minimum Gasteiger partial charge on any atom is -0.341 e. The predicted octanol–water partition coefficient (Wildman–Crippen LogP) is -1.27. The Morgan fingerprint density at radius 1 is 1.33 bits per heavy atom. The van der Waals surface area contributed by atoms with Crippen LogP contribution in [0, 0.1) is 0 Å². The summed E-state index contributed by atoms with van der Waals surface area (Å²) in [4.78, 5) is 0. The van der Waals surface area contributed by atoms with E-state index in [0.717, 1.165) is 10.6 Å². The number of hydrogen-bond donors (Lipinski definition) is 1. The summed E-state index contributed by atoms with van der Waals surface area (Å²) in [6.45, 7) is 1.31. The van der Waals surface area contributed by atoms with Crippen molar-refractivity contribution in [2.75, 3.05) is 13.2 Å². The van der Waals surface area contributed by atoms with Crippen LogP contribution in [0.1, 0.15) is 0 Å². The third-order valence-corrected chi connectivity index (χ3v) is 2.14. The van der Waals surface area contributed by atoms with Crippen LogP contribution in [0.4, 0.5) is 0 Å². The number of aromatic amines is 1. The highest BCUT2D eigenvalue weighted by Crippen LogP contribution is 2.23. The summed E-state index contributed by atoms with van der Waals surface area (Å²) in [5.41, 5.74) is 0. The van der Waals surface area contributed by atoms with Crippen LogP contribution in [0.3, 0.4) is 0 Å². The smallest absolute Gasteiger partial charge is 0.211 e. The second-order valence-electron chi connectivity index (χ2n) is 2.95. The lowest BCUT2D eigenvalue weighted by molar-refractivity contribution is -0.0455. The van der Waals surface area contributed by atoms with Crippen LogP contribution in [0.2, 0.25) is 0 Å². The van der Waals surface area contributed by atoms with Gasteiger partial charge in [0.25, 0.3) is 0 Å². The van der Waals surface area contributed by atoms with Crippen molar-refractivity contribution in [3.8, 4) is 0 Å². The zero-order chi connectivity index (χ0) is 8.02. The van der Waals surface area contributed by atoms with Crippen molar-refractivity contribution in [2.24, 2.45) is 0 Å². The second-order valence-corrected chi connectivity index (χ2v) is 2.95. The number of nitrogens with one attached hydrogen (secondary N) is 1. The Kier molecular flexibility index (Phi) is 1.05. The molecule has 2 heterocycles. The van der Waals surface area contributed by atoms with Gasteiger partial charge in [-0.15, -0.1) is 0 Å². The van der Waals surface area contributed by atoms with E-state index in [1.807, 2.05) is 12.2 Å². The average Bonchev–Trinajstić information content (AvgIpc) is 2.66. The normalized spacial score (nSPS) is 23.7. The van der Waals surface area contributed by atoms with Gasteiger partial charge in [0.15, 0.2) is 0 Å². The zero-order valence-electron chi connectivity index (χ0n) is 6.41. The number of ether oxygens (including phenoxy) is 2. The summed E-state index contributed by atoms with van der Waals surface area (Å²) in [6, 6.07) is 0. The Morgan fingerprint density at radius 3 is 2.92 bits per heavy atom. The average molecular weight is 164 g/mol. The van der Waals surface area contributed by atoms with E-state index in [2.05, 4.69) is 10.2 Å². The molecule has 0 amide bonds. The number of H-pyrrole nitrogens is 1. The fraction of sp³-hybridized carbons (Fsp3) is 0.375. The Balaban J connectivity index is 2.20. The fourth-order valence-corrected chi connectivity index (χ4v) is 1.61. The van der Waals surface area contributed by atoms with Gasteiger partial charge in [0.05, 0.1) is 24.8 Å². The number of nitrogens with zero attached hydrogens (tertiary/aromatic N) is 1. The first-order chi connectivity index (χ1) is 5.88. The van der Waals surface area contributed by atoms with Gasteiger partial charge in [-0.1, -0.05) is 0 Å². The van der Waals surface area contributed by atoms with E-state index in [-0.39, 0.29) is 0 Å². The molecule has 2 aliphatic rings. The van der Waals surface area contributed by atoms with E-state index >= 15 is 0 Å². The SMILES string of the molecule is C1=c2cn[nH]c2=CC12OCCO2. The molecule has 0 radical (unpaired) electrons. The monoisotopic (exact) mass is 164 g/mol. The lowest BCUT2D eigenvalue weighted by Crippen LogP contribution is -2.22.